The number of carbonyl (C=O) groups excluding carboxylic acids is 2. The van der Waals surface area contributed by atoms with Crippen molar-refractivity contribution in [2.24, 2.45) is 0 Å². The van der Waals surface area contributed by atoms with Gasteiger partial charge < -0.3 is 24.7 Å². The molecule has 13 nitrogen and oxygen atoms in total. The van der Waals surface area contributed by atoms with Crippen LogP contribution >= 0.6 is 0 Å². The first-order valence-electron chi connectivity index (χ1n) is 19.0. The monoisotopic (exact) mass is 733 g/mol. The summed E-state index contributed by atoms with van der Waals surface area (Å²) in [7, 11) is 2.08. The van der Waals surface area contributed by atoms with E-state index in [1.54, 1.807) is 10.7 Å². The van der Waals surface area contributed by atoms with Gasteiger partial charge in [0.2, 0.25) is 5.95 Å². The number of hydrogen-bond donors (Lipinski definition) is 1. The summed E-state index contributed by atoms with van der Waals surface area (Å²) in [6, 6.07) is 21.2. The summed E-state index contributed by atoms with van der Waals surface area (Å²) in [5.74, 6) is 1.87. The Bertz CT molecular complexity index is 2090. The SMILES string of the molecule is CCN(C)Cc1ccc(-n2nc(C(C)(C)C)cc2N(OC=O)C(=O)N[C@H]2CC[C@@H](Oc3ccc4nnc(N5CCCC[C@@H]5C)n4c3)c3ccccc32)cc1. The number of rotatable bonds is 11. The highest BCUT2D eigenvalue weighted by atomic mass is 16.7. The lowest BCUT2D eigenvalue weighted by Gasteiger charge is -2.34. The molecule has 13 heteroatoms. The molecule has 1 saturated heterocycles. The molecular weight excluding hydrogens is 683 g/mol. The van der Waals surface area contributed by atoms with Gasteiger partial charge in [0.05, 0.1) is 23.6 Å². The zero-order valence-electron chi connectivity index (χ0n) is 32.1. The van der Waals surface area contributed by atoms with E-state index in [9.17, 15) is 9.59 Å². The lowest BCUT2D eigenvalue weighted by Crippen LogP contribution is -2.43. The second-order valence-corrected chi connectivity index (χ2v) is 15.5. The number of anilines is 2. The number of carbonyl (C=O) groups is 2. The van der Waals surface area contributed by atoms with E-state index in [1.165, 1.54) is 6.42 Å². The maximum absolute atomic E-state index is 14.2. The van der Waals surface area contributed by atoms with Gasteiger partial charge in [0.25, 0.3) is 0 Å². The number of benzene rings is 2. The van der Waals surface area contributed by atoms with Crippen LogP contribution in [0.5, 0.6) is 5.75 Å². The van der Waals surface area contributed by atoms with Gasteiger partial charge in [0.15, 0.2) is 11.5 Å². The Morgan fingerprint density at radius 3 is 2.50 bits per heavy atom. The van der Waals surface area contributed by atoms with Crippen LogP contribution < -0.4 is 20.0 Å². The van der Waals surface area contributed by atoms with Crippen molar-refractivity contribution in [1.82, 2.24) is 34.6 Å². The number of piperidine rings is 1. The van der Waals surface area contributed by atoms with Crippen molar-refractivity contribution >= 4 is 29.9 Å². The Kier molecular flexibility index (Phi) is 10.6. The summed E-state index contributed by atoms with van der Waals surface area (Å²) in [4.78, 5) is 36.0. The Morgan fingerprint density at radius 1 is 1.00 bits per heavy atom. The third-order valence-electron chi connectivity index (χ3n) is 10.6. The van der Waals surface area contributed by atoms with Crippen LogP contribution in [0.4, 0.5) is 16.6 Å². The van der Waals surface area contributed by atoms with Crippen LogP contribution in [-0.4, -0.2) is 68.0 Å². The number of nitrogens with zero attached hydrogens (tertiary/aromatic N) is 8. The van der Waals surface area contributed by atoms with Crippen LogP contribution in [-0.2, 0) is 21.6 Å². The third kappa shape index (κ3) is 7.63. The van der Waals surface area contributed by atoms with Gasteiger partial charge in [-0.05, 0) is 93.6 Å². The predicted molar refractivity (Wildman–Crippen MR) is 208 cm³/mol. The maximum Gasteiger partial charge on any atom is 0.357 e. The number of hydroxylamine groups is 1. The molecule has 2 aliphatic rings. The molecule has 1 aliphatic heterocycles. The molecule has 3 atom stereocenters. The van der Waals surface area contributed by atoms with E-state index < -0.39 is 6.03 Å². The molecule has 1 fully saturated rings. The fourth-order valence-electron chi connectivity index (χ4n) is 7.40. The Balaban J connectivity index is 1.13. The molecule has 4 heterocycles. The van der Waals surface area contributed by atoms with E-state index in [1.807, 2.05) is 92.0 Å². The normalized spacial score (nSPS) is 18.7. The number of pyridine rings is 1. The minimum absolute atomic E-state index is 0.237. The first kappa shape index (κ1) is 36.9. The molecule has 0 saturated carbocycles. The molecule has 0 spiro atoms. The lowest BCUT2D eigenvalue weighted by atomic mass is 9.85. The predicted octanol–water partition coefficient (Wildman–Crippen LogP) is 7.30. The molecule has 3 aromatic heterocycles. The first-order valence-corrected chi connectivity index (χ1v) is 19.0. The molecular formula is C41H51N9O4. The summed E-state index contributed by atoms with van der Waals surface area (Å²) in [5, 5.41) is 18.0. The topological polar surface area (TPSA) is 122 Å². The van der Waals surface area contributed by atoms with Gasteiger partial charge in [-0.25, -0.2) is 9.48 Å². The number of aromatic nitrogens is 5. The Hall–Kier alpha value is -5.43. The van der Waals surface area contributed by atoms with E-state index in [0.29, 0.717) is 24.7 Å². The summed E-state index contributed by atoms with van der Waals surface area (Å²) >= 11 is 0. The van der Waals surface area contributed by atoms with Gasteiger partial charge >= 0.3 is 12.5 Å². The Labute approximate surface area is 316 Å². The molecule has 284 valence electrons. The smallest absolute Gasteiger partial charge is 0.357 e. The van der Waals surface area contributed by atoms with Crippen LogP contribution in [0.3, 0.4) is 0 Å². The molecule has 0 radical (unpaired) electrons. The zero-order chi connectivity index (χ0) is 38.0. The summed E-state index contributed by atoms with van der Waals surface area (Å²) < 4.78 is 10.3. The van der Waals surface area contributed by atoms with E-state index >= 15 is 0 Å². The second kappa shape index (κ2) is 15.5. The van der Waals surface area contributed by atoms with Crippen molar-refractivity contribution < 1.29 is 19.2 Å². The standard InChI is InChI=1S/C41H51N9O4/c1-7-46(6)25-29-15-17-30(18-16-29)49-38(24-36(45-49)41(3,4)5)50(53-27-51)40(52)42-34-20-21-35(33-14-9-8-13-32(33)34)54-31-19-22-37-43-44-39(48(37)26-31)47-23-11-10-12-28(47)2/h8-9,13-19,22,24,26-28,34-35H,7,10-12,20-21,23,25H2,1-6H3,(H,42,52)/t28-,34-,35+/m0/s1. The number of urea groups is 1. The van der Waals surface area contributed by atoms with Crippen LogP contribution in [0.15, 0.2) is 72.9 Å². The molecule has 5 aromatic rings. The number of amides is 2. The first-order chi connectivity index (χ1) is 26.0. The van der Waals surface area contributed by atoms with Gasteiger partial charge in [0.1, 0.15) is 11.9 Å². The van der Waals surface area contributed by atoms with Gasteiger partial charge in [0, 0.05) is 30.6 Å². The number of nitrogens with one attached hydrogen (secondary N) is 1. The lowest BCUT2D eigenvalue weighted by molar-refractivity contribution is -0.129. The third-order valence-corrected chi connectivity index (χ3v) is 10.6. The van der Waals surface area contributed by atoms with E-state index in [4.69, 9.17) is 14.7 Å². The molecule has 54 heavy (non-hydrogen) atoms. The van der Waals surface area contributed by atoms with Crippen LogP contribution in [0.25, 0.3) is 11.3 Å². The maximum atomic E-state index is 14.2. The number of fused-ring (bicyclic) bond motifs is 2. The van der Waals surface area contributed by atoms with Crippen molar-refractivity contribution in [3.05, 3.63) is 95.3 Å². The summed E-state index contributed by atoms with van der Waals surface area (Å²) in [6.45, 7) is 13.5. The van der Waals surface area contributed by atoms with Crippen molar-refractivity contribution in [3.63, 3.8) is 0 Å². The van der Waals surface area contributed by atoms with Gasteiger partial charge in [-0.2, -0.15) is 5.10 Å². The van der Waals surface area contributed by atoms with Crippen molar-refractivity contribution in [3.8, 4) is 11.4 Å². The largest absolute Gasteiger partial charge is 0.484 e. The van der Waals surface area contributed by atoms with Crippen molar-refractivity contribution in [1.29, 1.82) is 0 Å². The molecule has 1 N–H and O–H groups in total. The van der Waals surface area contributed by atoms with Crippen molar-refractivity contribution in [2.75, 3.05) is 30.1 Å². The van der Waals surface area contributed by atoms with Gasteiger partial charge in [-0.15, -0.1) is 15.3 Å². The molecule has 0 unspecified atom stereocenters. The van der Waals surface area contributed by atoms with Gasteiger partial charge in [-0.3, -0.25) is 9.20 Å². The summed E-state index contributed by atoms with van der Waals surface area (Å²) in [6.07, 6.45) is 6.49. The van der Waals surface area contributed by atoms with Crippen molar-refractivity contribution in [2.45, 2.75) is 96.9 Å². The minimum atomic E-state index is -0.582. The number of hydrogen-bond acceptors (Lipinski definition) is 9. The van der Waals surface area contributed by atoms with Crippen LogP contribution in [0.2, 0.25) is 0 Å². The van der Waals surface area contributed by atoms with Crippen LogP contribution in [0.1, 0.15) is 101 Å². The number of ether oxygens (including phenoxy) is 1. The van der Waals surface area contributed by atoms with E-state index in [2.05, 4.69) is 46.2 Å². The molecule has 2 amide bonds. The fraction of sp³-hybridized carbons (Fsp3) is 0.439. The van der Waals surface area contributed by atoms with Gasteiger partial charge in [-0.1, -0.05) is 64.1 Å². The summed E-state index contributed by atoms with van der Waals surface area (Å²) in [5.41, 5.74) is 5.00. The van der Waals surface area contributed by atoms with Crippen LogP contribution in [0, 0.1) is 0 Å². The highest BCUT2D eigenvalue weighted by molar-refractivity contribution is 5.90. The molecule has 1 aliphatic carbocycles. The molecule has 0 bridgehead atoms. The van der Waals surface area contributed by atoms with E-state index in [0.717, 1.165) is 83.0 Å². The molecule has 7 rings (SSSR count). The highest BCUT2D eigenvalue weighted by Gasteiger charge is 2.34. The minimum Gasteiger partial charge on any atom is -0.484 e. The average Bonchev–Trinajstić information content (AvgIpc) is 3.80. The van der Waals surface area contributed by atoms with E-state index in [-0.39, 0.29) is 24.0 Å². The zero-order valence-corrected chi connectivity index (χ0v) is 32.1. The second-order valence-electron chi connectivity index (χ2n) is 15.5. The highest BCUT2D eigenvalue weighted by Crippen LogP contribution is 2.39. The quantitative estimate of drug-likeness (QED) is 0.110. The molecule has 2 aromatic carbocycles. The average molecular weight is 734 g/mol. The Morgan fingerprint density at radius 2 is 1.78 bits per heavy atom. The fourth-order valence-corrected chi connectivity index (χ4v) is 7.40.